The summed E-state index contributed by atoms with van der Waals surface area (Å²) in [7, 11) is 3.13. The molecule has 0 saturated carbocycles. The van der Waals surface area contributed by atoms with Gasteiger partial charge in [-0.2, -0.15) is 0 Å². The van der Waals surface area contributed by atoms with Crippen LogP contribution >= 0.6 is 0 Å². The van der Waals surface area contributed by atoms with E-state index in [1.165, 1.54) is 0 Å². The molecule has 2 N–H and O–H groups in total. The molecule has 182 valence electrons. The van der Waals surface area contributed by atoms with Crippen molar-refractivity contribution < 1.29 is 23.9 Å². The monoisotopic (exact) mass is 467 g/mol. The summed E-state index contributed by atoms with van der Waals surface area (Å²) in [6, 6.07) is 13.6. The Morgan fingerprint density at radius 1 is 1.03 bits per heavy atom. The van der Waals surface area contributed by atoms with E-state index in [1.54, 1.807) is 38.5 Å². The maximum atomic E-state index is 13.0. The van der Waals surface area contributed by atoms with Crippen LogP contribution in [0.2, 0.25) is 0 Å². The Balaban J connectivity index is 1.68. The molecule has 0 spiro atoms. The van der Waals surface area contributed by atoms with E-state index in [0.29, 0.717) is 56.0 Å². The summed E-state index contributed by atoms with van der Waals surface area (Å²) in [5, 5.41) is 5.76. The van der Waals surface area contributed by atoms with Gasteiger partial charge in [0.15, 0.2) is 0 Å². The van der Waals surface area contributed by atoms with Crippen molar-refractivity contribution in [3.63, 3.8) is 0 Å². The molecule has 1 fully saturated rings. The quantitative estimate of drug-likeness (QED) is 0.552. The number of carbonyl (C=O) groups is 3. The zero-order chi connectivity index (χ0) is 24.5. The first-order valence-electron chi connectivity index (χ1n) is 11.5. The molecule has 8 heteroatoms. The van der Waals surface area contributed by atoms with Gasteiger partial charge in [0.05, 0.1) is 13.7 Å². The first-order valence-corrected chi connectivity index (χ1v) is 11.5. The number of piperidine rings is 1. The molecule has 0 aromatic heterocycles. The van der Waals surface area contributed by atoms with Gasteiger partial charge in [0.1, 0.15) is 11.8 Å². The summed E-state index contributed by atoms with van der Waals surface area (Å²) in [4.78, 5) is 40.7. The van der Waals surface area contributed by atoms with Crippen molar-refractivity contribution in [2.45, 2.75) is 25.8 Å². The molecule has 8 nitrogen and oxygen atoms in total. The number of hydrogen-bond acceptors (Lipinski definition) is 5. The molecule has 1 saturated heterocycles. The van der Waals surface area contributed by atoms with Crippen molar-refractivity contribution in [1.29, 1.82) is 0 Å². The number of nitrogens with zero attached hydrogens (tertiary/aromatic N) is 1. The summed E-state index contributed by atoms with van der Waals surface area (Å²) in [5.41, 5.74) is 2.09. The first kappa shape index (κ1) is 25.2. The lowest BCUT2D eigenvalue weighted by atomic mass is 9.88. The predicted octanol–water partition coefficient (Wildman–Crippen LogP) is 2.42. The van der Waals surface area contributed by atoms with E-state index in [2.05, 4.69) is 10.6 Å². The van der Waals surface area contributed by atoms with Crippen molar-refractivity contribution in [3.05, 3.63) is 65.2 Å². The van der Waals surface area contributed by atoms with E-state index in [1.807, 2.05) is 36.1 Å². The molecule has 1 heterocycles. The highest BCUT2D eigenvalue weighted by molar-refractivity contribution is 5.98. The van der Waals surface area contributed by atoms with E-state index in [9.17, 15) is 14.4 Å². The summed E-state index contributed by atoms with van der Waals surface area (Å²) in [6.45, 7) is 3.72. The van der Waals surface area contributed by atoms with Crippen LogP contribution in [0.15, 0.2) is 48.5 Å². The minimum Gasteiger partial charge on any atom is -0.497 e. The largest absolute Gasteiger partial charge is 0.497 e. The molecule has 0 unspecified atom stereocenters. The second-order valence-corrected chi connectivity index (χ2v) is 8.41. The molecule has 1 aliphatic rings. The van der Waals surface area contributed by atoms with E-state index >= 15 is 0 Å². The molecule has 0 radical (unpaired) electrons. The normalized spacial score (nSPS) is 14.9. The van der Waals surface area contributed by atoms with Gasteiger partial charge in [-0.05, 0) is 61.6 Å². The molecular formula is C26H33N3O5. The Hall–Kier alpha value is -3.39. The fourth-order valence-electron chi connectivity index (χ4n) is 4.17. The molecule has 1 aliphatic heterocycles. The predicted molar refractivity (Wildman–Crippen MR) is 129 cm³/mol. The highest BCUT2D eigenvalue weighted by Gasteiger charge is 2.34. The van der Waals surface area contributed by atoms with Gasteiger partial charge >= 0.3 is 0 Å². The number of likely N-dealkylation sites (tertiary alicyclic amines) is 1. The molecule has 3 amide bonds. The molecule has 2 aromatic carbocycles. The maximum Gasteiger partial charge on any atom is 0.254 e. The molecule has 1 atom stereocenters. The number of amides is 3. The van der Waals surface area contributed by atoms with Gasteiger partial charge in [-0.15, -0.1) is 0 Å². The second kappa shape index (κ2) is 12.2. The van der Waals surface area contributed by atoms with Crippen molar-refractivity contribution >= 4 is 17.7 Å². The molecular weight excluding hydrogens is 434 g/mol. The van der Waals surface area contributed by atoms with Crippen LogP contribution in [0.3, 0.4) is 0 Å². The lowest BCUT2D eigenvalue weighted by Crippen LogP contribution is -2.54. The topological polar surface area (TPSA) is 97.0 Å². The van der Waals surface area contributed by atoms with Crippen molar-refractivity contribution in [2.24, 2.45) is 5.92 Å². The Labute approximate surface area is 200 Å². The smallest absolute Gasteiger partial charge is 0.254 e. The summed E-state index contributed by atoms with van der Waals surface area (Å²) < 4.78 is 10.2. The third kappa shape index (κ3) is 6.35. The Kier molecular flexibility index (Phi) is 9.04. The van der Waals surface area contributed by atoms with E-state index < -0.39 is 6.04 Å². The van der Waals surface area contributed by atoms with Gasteiger partial charge in [0.25, 0.3) is 11.8 Å². The number of nitrogens with one attached hydrogen (secondary N) is 2. The lowest BCUT2D eigenvalue weighted by Gasteiger charge is -2.36. The zero-order valence-electron chi connectivity index (χ0n) is 20.0. The number of carbonyl (C=O) groups excluding carboxylic acids is 3. The second-order valence-electron chi connectivity index (χ2n) is 8.41. The fourth-order valence-corrected chi connectivity index (χ4v) is 4.17. The SMILES string of the molecule is COCCNC(=O)[C@H](NC(=O)c1ccc(OC)cc1)C1CCN(C(=O)c2ccccc2C)CC1. The van der Waals surface area contributed by atoms with Crippen molar-refractivity contribution in [2.75, 3.05) is 40.5 Å². The minimum atomic E-state index is -0.706. The third-order valence-corrected chi connectivity index (χ3v) is 6.20. The van der Waals surface area contributed by atoms with E-state index in [4.69, 9.17) is 9.47 Å². The minimum absolute atomic E-state index is 0.0000792. The van der Waals surface area contributed by atoms with Crippen LogP contribution in [0.1, 0.15) is 39.1 Å². The number of ether oxygens (including phenoxy) is 2. The van der Waals surface area contributed by atoms with Crippen LogP contribution < -0.4 is 15.4 Å². The average molecular weight is 468 g/mol. The fraction of sp³-hybridized carbons (Fsp3) is 0.423. The molecule has 0 bridgehead atoms. The Morgan fingerprint density at radius 2 is 1.71 bits per heavy atom. The van der Waals surface area contributed by atoms with Crippen LogP contribution in [0.25, 0.3) is 0 Å². The summed E-state index contributed by atoms with van der Waals surface area (Å²) in [6.07, 6.45) is 1.23. The van der Waals surface area contributed by atoms with Crippen molar-refractivity contribution in [1.82, 2.24) is 15.5 Å². The molecule has 0 aliphatic carbocycles. The highest BCUT2D eigenvalue weighted by atomic mass is 16.5. The van der Waals surface area contributed by atoms with Gasteiger partial charge in [0, 0.05) is 37.9 Å². The maximum absolute atomic E-state index is 13.0. The number of methoxy groups -OCH3 is 2. The third-order valence-electron chi connectivity index (χ3n) is 6.20. The summed E-state index contributed by atoms with van der Waals surface area (Å²) >= 11 is 0. The molecule has 3 rings (SSSR count). The number of aryl methyl sites for hydroxylation is 1. The van der Waals surface area contributed by atoms with Gasteiger partial charge in [-0.1, -0.05) is 18.2 Å². The van der Waals surface area contributed by atoms with E-state index in [0.717, 1.165) is 5.56 Å². The van der Waals surface area contributed by atoms with Crippen molar-refractivity contribution in [3.8, 4) is 5.75 Å². The highest BCUT2D eigenvalue weighted by Crippen LogP contribution is 2.24. The van der Waals surface area contributed by atoms with Gasteiger partial charge in [0.2, 0.25) is 5.91 Å². The number of benzene rings is 2. The number of hydrogen-bond donors (Lipinski definition) is 2. The Bertz CT molecular complexity index is 984. The van der Waals surface area contributed by atoms with Crippen LogP contribution in [0.4, 0.5) is 0 Å². The van der Waals surface area contributed by atoms with Gasteiger partial charge in [-0.25, -0.2) is 0 Å². The van der Waals surface area contributed by atoms with Gasteiger partial charge < -0.3 is 25.0 Å². The van der Waals surface area contributed by atoms with Crippen LogP contribution in [-0.2, 0) is 9.53 Å². The summed E-state index contributed by atoms with van der Waals surface area (Å²) in [5.74, 6) is -0.0165. The average Bonchev–Trinajstić information content (AvgIpc) is 2.87. The Morgan fingerprint density at radius 3 is 2.32 bits per heavy atom. The molecule has 2 aromatic rings. The lowest BCUT2D eigenvalue weighted by molar-refractivity contribution is -0.124. The standard InChI is InChI=1S/C26H33N3O5/c1-18-6-4-5-7-22(18)26(32)29-15-12-19(13-16-29)23(25(31)27-14-17-33-2)28-24(30)20-8-10-21(34-3)11-9-20/h4-11,19,23H,12-17H2,1-3H3,(H,27,31)(H,28,30)/t23-/m1/s1. The van der Waals surface area contributed by atoms with Crippen LogP contribution in [0, 0.1) is 12.8 Å². The molecule has 34 heavy (non-hydrogen) atoms. The van der Waals surface area contributed by atoms with E-state index in [-0.39, 0.29) is 23.6 Å². The first-order chi connectivity index (χ1) is 16.4. The van der Waals surface area contributed by atoms with Crippen LogP contribution in [0.5, 0.6) is 5.75 Å². The van der Waals surface area contributed by atoms with Gasteiger partial charge in [-0.3, -0.25) is 14.4 Å². The number of rotatable bonds is 9. The zero-order valence-corrected chi connectivity index (χ0v) is 20.0. The van der Waals surface area contributed by atoms with Crippen LogP contribution in [-0.4, -0.2) is 69.1 Å².